The first-order chi connectivity index (χ1) is 11.6. The summed E-state index contributed by atoms with van der Waals surface area (Å²) in [5, 5.41) is -1.31. The van der Waals surface area contributed by atoms with E-state index in [0.29, 0.717) is 5.56 Å². The van der Waals surface area contributed by atoms with Crippen molar-refractivity contribution in [2.75, 3.05) is 0 Å². The smallest absolute Gasteiger partial charge is 0.282 e. The molecule has 0 N–H and O–H groups in total. The monoisotopic (exact) mass is 415 g/mol. The molecule has 8 heteroatoms. The third kappa shape index (κ3) is 3.22. The minimum absolute atomic E-state index is 0.0126. The van der Waals surface area contributed by atoms with E-state index in [4.69, 9.17) is 34.8 Å². The van der Waals surface area contributed by atoms with Crippen LogP contribution in [-0.2, 0) is 10.0 Å². The van der Waals surface area contributed by atoms with Gasteiger partial charge in [-0.05, 0) is 19.1 Å². The van der Waals surface area contributed by atoms with Gasteiger partial charge in [0.05, 0.1) is 10.6 Å². The topological polar surface area (TPSA) is 63.6 Å². The number of hydrogen-bond donors (Lipinski definition) is 0. The van der Waals surface area contributed by atoms with Crippen LogP contribution in [-0.4, -0.2) is 29.6 Å². The summed E-state index contributed by atoms with van der Waals surface area (Å²) in [6, 6.07) is 12.6. The average molecular weight is 417 g/mol. The Morgan fingerprint density at radius 1 is 1.00 bits per heavy atom. The largest absolute Gasteiger partial charge is 0.291 e. The van der Waals surface area contributed by atoms with Gasteiger partial charge in [0.1, 0.15) is 5.38 Å². The number of nitrogens with zero attached hydrogens (tertiary/aromatic N) is 1. The van der Waals surface area contributed by atoms with E-state index in [-0.39, 0.29) is 16.2 Å². The van der Waals surface area contributed by atoms with Crippen LogP contribution in [0.5, 0.6) is 0 Å². The summed E-state index contributed by atoms with van der Waals surface area (Å²) >= 11 is 18.4. The minimum atomic E-state index is -4.05. The molecular weight excluding hydrogens is 405 g/mol. The van der Waals surface area contributed by atoms with Crippen molar-refractivity contribution in [2.24, 2.45) is 4.40 Å². The number of aryl methyl sites for hydroxylation is 1. The Balaban J connectivity index is 2.21. The molecule has 2 aromatic rings. The predicted octanol–water partition coefficient (Wildman–Crippen LogP) is 4.15. The molecule has 130 valence electrons. The van der Waals surface area contributed by atoms with E-state index in [1.165, 1.54) is 18.2 Å². The molecule has 2 aromatic carbocycles. The number of carbonyl (C=O) groups excluding carboxylic acids is 1. The van der Waals surface area contributed by atoms with E-state index >= 15 is 0 Å². The van der Waals surface area contributed by atoms with Crippen LogP contribution in [0.3, 0.4) is 0 Å². The second-order valence-corrected chi connectivity index (χ2v) is 9.05. The number of alkyl halides is 3. The molecule has 0 radical (unpaired) electrons. The van der Waals surface area contributed by atoms with Crippen LogP contribution in [0.25, 0.3) is 0 Å². The highest BCUT2D eigenvalue weighted by atomic mass is 35.5. The molecule has 1 aliphatic carbocycles. The lowest BCUT2D eigenvalue weighted by atomic mass is 9.88. The molecule has 0 saturated heterocycles. The van der Waals surface area contributed by atoms with E-state index in [0.717, 1.165) is 5.56 Å². The van der Waals surface area contributed by atoms with Crippen LogP contribution < -0.4 is 0 Å². The molecule has 3 rings (SSSR count). The maximum atomic E-state index is 12.6. The van der Waals surface area contributed by atoms with Crippen molar-refractivity contribution < 1.29 is 13.2 Å². The van der Waals surface area contributed by atoms with Gasteiger partial charge in [-0.1, -0.05) is 65.2 Å². The Hall–Kier alpha value is -1.40. The Morgan fingerprint density at radius 2 is 1.56 bits per heavy atom. The lowest BCUT2D eigenvalue weighted by molar-refractivity contribution is 0.0972. The number of Topliss-reactive ketones (excluding diaryl/α,β-unsaturated/α-hetero) is 1. The Labute approximate surface area is 160 Å². The first-order valence-electron chi connectivity index (χ1n) is 7.22. The Morgan fingerprint density at radius 3 is 2.16 bits per heavy atom. The molecule has 0 aromatic heterocycles. The van der Waals surface area contributed by atoms with Gasteiger partial charge in [-0.3, -0.25) is 4.79 Å². The van der Waals surface area contributed by atoms with Crippen molar-refractivity contribution in [1.29, 1.82) is 0 Å². The van der Waals surface area contributed by atoms with Crippen molar-refractivity contribution in [3.05, 3.63) is 65.2 Å². The average Bonchev–Trinajstić information content (AvgIpc) is 2.58. The lowest BCUT2D eigenvalue weighted by Crippen LogP contribution is -2.46. The zero-order valence-electron chi connectivity index (χ0n) is 12.9. The molecule has 0 aliphatic heterocycles. The van der Waals surface area contributed by atoms with Gasteiger partial charge in [-0.25, -0.2) is 0 Å². The Kier molecular flexibility index (Phi) is 4.71. The number of halogens is 3. The fourth-order valence-corrected chi connectivity index (χ4v) is 4.28. The van der Waals surface area contributed by atoms with Crippen LogP contribution >= 0.6 is 34.8 Å². The molecule has 0 heterocycles. The van der Waals surface area contributed by atoms with Crippen LogP contribution in [0.2, 0.25) is 0 Å². The van der Waals surface area contributed by atoms with Crippen LogP contribution in [0.1, 0.15) is 21.5 Å². The van der Waals surface area contributed by atoms with E-state index in [9.17, 15) is 13.2 Å². The molecule has 1 unspecified atom stereocenters. The van der Waals surface area contributed by atoms with Gasteiger partial charge in [0.15, 0.2) is 0 Å². The molecule has 4 nitrogen and oxygen atoms in total. The minimum Gasteiger partial charge on any atom is -0.291 e. The standard InChI is InChI=1S/C17H12Cl3NO3S/c1-10-6-8-11(9-7-10)25(23,24)21-14-12-4-2-3-5-13(12)16(22)17(19,20)15(14)18/h2-9,15H,1H3/b21-14-. The van der Waals surface area contributed by atoms with Crippen molar-refractivity contribution in [3.63, 3.8) is 0 Å². The number of carbonyl (C=O) groups is 1. The summed E-state index contributed by atoms with van der Waals surface area (Å²) < 4.78 is 27.1. The van der Waals surface area contributed by atoms with Gasteiger partial charge in [-0.2, -0.15) is 12.8 Å². The highest BCUT2D eigenvalue weighted by Crippen LogP contribution is 2.41. The fourth-order valence-electron chi connectivity index (χ4n) is 2.50. The molecule has 1 atom stereocenters. The van der Waals surface area contributed by atoms with Crippen molar-refractivity contribution in [1.82, 2.24) is 0 Å². The maximum absolute atomic E-state index is 12.6. The summed E-state index contributed by atoms with van der Waals surface area (Å²) in [5.41, 5.74) is 1.35. The van der Waals surface area contributed by atoms with Gasteiger partial charge in [0.2, 0.25) is 10.1 Å². The number of fused-ring (bicyclic) bond motifs is 1. The molecule has 0 bridgehead atoms. The number of rotatable bonds is 2. The maximum Gasteiger partial charge on any atom is 0.282 e. The fraction of sp³-hybridized carbons (Fsp3) is 0.176. The molecule has 0 spiro atoms. The third-order valence-electron chi connectivity index (χ3n) is 3.85. The summed E-state index contributed by atoms with van der Waals surface area (Å²) in [6.45, 7) is 1.84. The number of ketones is 1. The zero-order valence-corrected chi connectivity index (χ0v) is 16.0. The van der Waals surface area contributed by atoms with Crippen molar-refractivity contribution in [3.8, 4) is 0 Å². The number of benzene rings is 2. The third-order valence-corrected chi connectivity index (χ3v) is 6.69. The predicted molar refractivity (Wildman–Crippen MR) is 99.8 cm³/mol. The Bertz CT molecular complexity index is 982. The summed E-state index contributed by atoms with van der Waals surface area (Å²) in [4.78, 5) is 12.4. The first kappa shape index (κ1) is 18.4. The van der Waals surface area contributed by atoms with Gasteiger partial charge in [0, 0.05) is 11.1 Å². The summed E-state index contributed by atoms with van der Waals surface area (Å²) in [6.07, 6.45) is 0. The molecule has 25 heavy (non-hydrogen) atoms. The SMILES string of the molecule is Cc1ccc(S(=O)(=O)/N=C2/c3ccccc3C(=O)C(Cl)(Cl)C2Cl)cc1. The summed E-state index contributed by atoms with van der Waals surface area (Å²) in [7, 11) is -4.05. The van der Waals surface area contributed by atoms with E-state index in [1.807, 2.05) is 6.92 Å². The van der Waals surface area contributed by atoms with Gasteiger partial charge >= 0.3 is 0 Å². The summed E-state index contributed by atoms with van der Waals surface area (Å²) in [5.74, 6) is -0.585. The second-order valence-electron chi connectivity index (χ2n) is 5.62. The van der Waals surface area contributed by atoms with Crippen LogP contribution in [0.15, 0.2) is 57.8 Å². The molecule has 0 saturated carbocycles. The molecule has 1 aliphatic rings. The zero-order chi connectivity index (χ0) is 18.4. The van der Waals surface area contributed by atoms with E-state index < -0.39 is 25.5 Å². The highest BCUT2D eigenvalue weighted by molar-refractivity contribution is 7.90. The number of sulfonamides is 1. The lowest BCUT2D eigenvalue weighted by Gasteiger charge is -2.31. The van der Waals surface area contributed by atoms with Gasteiger partial charge < -0.3 is 0 Å². The number of hydrogen-bond acceptors (Lipinski definition) is 3. The van der Waals surface area contributed by atoms with Crippen molar-refractivity contribution in [2.45, 2.75) is 21.5 Å². The molecular formula is C17H12Cl3NO3S. The van der Waals surface area contributed by atoms with Crippen LogP contribution in [0, 0.1) is 6.92 Å². The van der Waals surface area contributed by atoms with E-state index in [2.05, 4.69) is 4.40 Å². The highest BCUT2D eigenvalue weighted by Gasteiger charge is 2.50. The van der Waals surface area contributed by atoms with Crippen molar-refractivity contribution >= 4 is 56.3 Å². The van der Waals surface area contributed by atoms with E-state index in [1.54, 1.807) is 30.3 Å². The normalized spacial score (nSPS) is 21.2. The van der Waals surface area contributed by atoms with Gasteiger partial charge in [0.25, 0.3) is 10.0 Å². The second kappa shape index (κ2) is 6.40. The quantitative estimate of drug-likeness (QED) is 0.691. The van der Waals surface area contributed by atoms with Crippen LogP contribution in [0.4, 0.5) is 0 Å². The van der Waals surface area contributed by atoms with Gasteiger partial charge in [-0.15, -0.1) is 11.6 Å². The molecule has 0 fully saturated rings. The molecule has 0 amide bonds. The first-order valence-corrected chi connectivity index (χ1v) is 9.85.